The van der Waals surface area contributed by atoms with Crippen LogP contribution in [0, 0.1) is 0 Å². The zero-order valence-corrected chi connectivity index (χ0v) is 14.4. The summed E-state index contributed by atoms with van der Waals surface area (Å²) in [6.07, 6.45) is 5.17. The summed E-state index contributed by atoms with van der Waals surface area (Å²) in [5, 5.41) is 7.57. The van der Waals surface area contributed by atoms with Gasteiger partial charge in [0.25, 0.3) is 0 Å². The van der Waals surface area contributed by atoms with Crippen LogP contribution in [0.15, 0.2) is 59.3 Å². The Morgan fingerprint density at radius 3 is 2.73 bits per heavy atom. The molecule has 1 aromatic carbocycles. The van der Waals surface area contributed by atoms with E-state index in [9.17, 15) is 0 Å². The van der Waals surface area contributed by atoms with Crippen LogP contribution in [0.5, 0.6) is 0 Å². The van der Waals surface area contributed by atoms with Crippen molar-refractivity contribution in [2.45, 2.75) is 0 Å². The van der Waals surface area contributed by atoms with Gasteiger partial charge in [0.05, 0.1) is 11.9 Å². The maximum absolute atomic E-state index is 5.88. The minimum atomic E-state index is 0. The van der Waals surface area contributed by atoms with E-state index in [2.05, 4.69) is 20.5 Å². The number of benzene rings is 1. The van der Waals surface area contributed by atoms with E-state index in [4.69, 9.17) is 11.6 Å². The maximum atomic E-state index is 5.88. The molecule has 0 fully saturated rings. The molecule has 0 saturated carbocycles. The highest BCUT2D eigenvalue weighted by atomic mass is 79.9. The third-order valence-electron chi connectivity index (χ3n) is 2.70. The van der Waals surface area contributed by atoms with Crippen molar-refractivity contribution < 1.29 is 17.0 Å². The van der Waals surface area contributed by atoms with Crippen molar-refractivity contribution in [3.63, 3.8) is 0 Å². The Kier molecular flexibility index (Phi) is 6.06. The monoisotopic (exact) mass is 393 g/mol. The average molecular weight is 395 g/mol. The van der Waals surface area contributed by atoms with Crippen molar-refractivity contribution in [2.24, 2.45) is 5.10 Å². The zero-order chi connectivity index (χ0) is 14.5. The number of nitrogens with one attached hydrogen (secondary N) is 1. The van der Waals surface area contributed by atoms with Crippen LogP contribution in [0.2, 0.25) is 5.02 Å². The summed E-state index contributed by atoms with van der Waals surface area (Å²) >= 11 is 7.38. The van der Waals surface area contributed by atoms with Crippen LogP contribution in [0.4, 0.5) is 5.13 Å². The van der Waals surface area contributed by atoms with Crippen LogP contribution < -0.4 is 22.4 Å². The molecule has 0 amide bonds. The molecule has 0 atom stereocenters. The second-order valence-electron chi connectivity index (χ2n) is 4.20. The van der Waals surface area contributed by atoms with E-state index in [1.807, 2.05) is 41.8 Å². The molecule has 0 aliphatic carbocycles. The molecule has 0 aliphatic heterocycles. The number of rotatable bonds is 4. The molecule has 3 rings (SSSR count). The van der Waals surface area contributed by atoms with Gasteiger partial charge in [-0.3, -0.25) is 10.4 Å². The summed E-state index contributed by atoms with van der Waals surface area (Å²) in [6.45, 7) is 0. The van der Waals surface area contributed by atoms with Crippen LogP contribution in [0.3, 0.4) is 0 Å². The Morgan fingerprint density at radius 2 is 2.00 bits per heavy atom. The Hall–Kier alpha value is -1.76. The zero-order valence-electron chi connectivity index (χ0n) is 11.3. The molecule has 0 radical (unpaired) electrons. The third-order valence-corrected chi connectivity index (χ3v) is 3.70. The van der Waals surface area contributed by atoms with Crippen LogP contribution in [0.25, 0.3) is 11.3 Å². The van der Waals surface area contributed by atoms with E-state index in [-0.39, 0.29) is 17.0 Å². The summed E-state index contributed by atoms with van der Waals surface area (Å²) in [5.74, 6) is 0. The first-order valence-corrected chi connectivity index (χ1v) is 7.47. The molecule has 22 heavy (non-hydrogen) atoms. The second-order valence-corrected chi connectivity index (χ2v) is 5.50. The summed E-state index contributed by atoms with van der Waals surface area (Å²) in [4.78, 5) is 8.49. The summed E-state index contributed by atoms with van der Waals surface area (Å²) in [7, 11) is 0. The van der Waals surface area contributed by atoms with Gasteiger partial charge in [-0.15, -0.1) is 11.3 Å². The number of hydrogen-bond donors (Lipinski definition) is 1. The standard InChI is InChI=1S/C15H11ClN4S.BrH/c16-13-5-3-12(4-6-13)14-10-21-15(19-14)20-18-9-11-2-1-7-17-8-11;/h1-10H,(H,19,20);1H/p-1/b18-9+;. The lowest BCUT2D eigenvalue weighted by Gasteiger charge is -1.96. The van der Waals surface area contributed by atoms with E-state index in [1.165, 1.54) is 11.3 Å². The Labute approximate surface area is 147 Å². The van der Waals surface area contributed by atoms with E-state index in [0.29, 0.717) is 5.02 Å². The fourth-order valence-electron chi connectivity index (χ4n) is 1.69. The number of nitrogens with zero attached hydrogens (tertiary/aromatic N) is 3. The maximum Gasteiger partial charge on any atom is 0.203 e. The highest BCUT2D eigenvalue weighted by Gasteiger charge is 2.03. The van der Waals surface area contributed by atoms with Gasteiger partial charge in [0.1, 0.15) is 0 Å². The average Bonchev–Trinajstić information content (AvgIpc) is 2.98. The molecule has 7 heteroatoms. The Balaban J connectivity index is 0.00000176. The number of pyridine rings is 1. The first-order chi connectivity index (χ1) is 10.3. The van der Waals surface area contributed by atoms with Gasteiger partial charge in [0, 0.05) is 33.9 Å². The SMILES string of the molecule is Clc1ccc(-c2csc(N/N=C/c3cccnc3)n2)cc1.[Br-]. The summed E-state index contributed by atoms with van der Waals surface area (Å²) < 4.78 is 0. The lowest BCUT2D eigenvalue weighted by atomic mass is 10.2. The van der Waals surface area contributed by atoms with Crippen LogP contribution in [0.1, 0.15) is 5.56 Å². The van der Waals surface area contributed by atoms with Crippen molar-refractivity contribution in [3.05, 3.63) is 64.8 Å². The minimum absolute atomic E-state index is 0. The first-order valence-electron chi connectivity index (χ1n) is 6.22. The molecule has 0 spiro atoms. The van der Waals surface area contributed by atoms with Gasteiger partial charge in [-0.1, -0.05) is 29.8 Å². The largest absolute Gasteiger partial charge is 1.00 e. The van der Waals surface area contributed by atoms with Crippen molar-refractivity contribution in [1.82, 2.24) is 9.97 Å². The van der Waals surface area contributed by atoms with Gasteiger partial charge in [-0.2, -0.15) is 5.10 Å². The highest BCUT2D eigenvalue weighted by Crippen LogP contribution is 2.25. The van der Waals surface area contributed by atoms with Crippen LogP contribution in [-0.2, 0) is 0 Å². The third kappa shape index (κ3) is 4.37. The van der Waals surface area contributed by atoms with Gasteiger partial charge in [0.2, 0.25) is 5.13 Å². The van der Waals surface area contributed by atoms with Crippen molar-refractivity contribution in [2.75, 3.05) is 5.43 Å². The lowest BCUT2D eigenvalue weighted by molar-refractivity contribution is -0.00000407. The molecule has 0 saturated heterocycles. The first kappa shape index (κ1) is 16.6. The van der Waals surface area contributed by atoms with Gasteiger partial charge < -0.3 is 17.0 Å². The molecule has 1 N–H and O–H groups in total. The van der Waals surface area contributed by atoms with Crippen molar-refractivity contribution in [1.29, 1.82) is 0 Å². The van der Waals surface area contributed by atoms with Gasteiger partial charge in [-0.05, 0) is 18.2 Å². The Morgan fingerprint density at radius 1 is 1.18 bits per heavy atom. The van der Waals surface area contributed by atoms with E-state index >= 15 is 0 Å². The molecule has 2 heterocycles. The van der Waals surface area contributed by atoms with Gasteiger partial charge in [-0.25, -0.2) is 4.98 Å². The second kappa shape index (κ2) is 8.03. The molecule has 0 aliphatic rings. The topological polar surface area (TPSA) is 50.2 Å². The smallest absolute Gasteiger partial charge is 0.203 e. The van der Waals surface area contributed by atoms with E-state index in [0.717, 1.165) is 22.0 Å². The molecule has 2 aromatic heterocycles. The fraction of sp³-hybridized carbons (Fsp3) is 0. The van der Waals surface area contributed by atoms with Gasteiger partial charge in [0.15, 0.2) is 0 Å². The molecule has 3 aromatic rings. The fourth-order valence-corrected chi connectivity index (χ4v) is 2.49. The molecule has 0 unspecified atom stereocenters. The van der Waals surface area contributed by atoms with Crippen molar-refractivity contribution >= 4 is 34.3 Å². The van der Waals surface area contributed by atoms with E-state index in [1.54, 1.807) is 18.6 Å². The van der Waals surface area contributed by atoms with Crippen LogP contribution >= 0.6 is 22.9 Å². The number of anilines is 1. The molecule has 0 bridgehead atoms. The van der Waals surface area contributed by atoms with Gasteiger partial charge >= 0.3 is 0 Å². The Bertz CT molecular complexity index is 744. The number of aromatic nitrogens is 2. The summed E-state index contributed by atoms with van der Waals surface area (Å²) in [6, 6.07) is 11.4. The molecule has 4 nitrogen and oxygen atoms in total. The lowest BCUT2D eigenvalue weighted by Crippen LogP contribution is -3.00. The van der Waals surface area contributed by atoms with E-state index < -0.39 is 0 Å². The predicted octanol–water partition coefficient (Wildman–Crippen LogP) is 1.31. The molecular formula is C15H11BrClN4S-. The molecule has 112 valence electrons. The summed E-state index contributed by atoms with van der Waals surface area (Å²) in [5.41, 5.74) is 5.77. The quantitative estimate of drug-likeness (QED) is 0.536. The number of hydrogen-bond acceptors (Lipinski definition) is 5. The normalized spacial score (nSPS) is 10.4. The van der Waals surface area contributed by atoms with Crippen molar-refractivity contribution in [3.8, 4) is 11.3 Å². The number of hydrazone groups is 1. The number of thiazole rings is 1. The number of halogens is 2. The predicted molar refractivity (Wildman–Crippen MR) is 88.0 cm³/mol. The molecular weight excluding hydrogens is 384 g/mol. The minimum Gasteiger partial charge on any atom is -1.00 e. The van der Waals surface area contributed by atoms with Crippen LogP contribution in [-0.4, -0.2) is 16.2 Å². The highest BCUT2D eigenvalue weighted by molar-refractivity contribution is 7.14.